The molecule has 1 aliphatic rings. The van der Waals surface area contributed by atoms with Gasteiger partial charge >= 0.3 is 0 Å². The lowest BCUT2D eigenvalue weighted by molar-refractivity contribution is -0.135. The topological polar surface area (TPSA) is 75.4 Å². The molecule has 1 fully saturated rings. The van der Waals surface area contributed by atoms with E-state index in [-0.39, 0.29) is 30.1 Å². The molecule has 0 bridgehead atoms. The van der Waals surface area contributed by atoms with Crippen LogP contribution >= 0.6 is 12.4 Å². The van der Waals surface area contributed by atoms with Gasteiger partial charge in [-0.15, -0.1) is 12.4 Å². The van der Waals surface area contributed by atoms with Crippen molar-refractivity contribution >= 4 is 24.2 Å². The summed E-state index contributed by atoms with van der Waals surface area (Å²) < 4.78 is 0. The molecule has 5 nitrogen and oxygen atoms in total. The Bertz CT molecular complexity index is 292. The summed E-state index contributed by atoms with van der Waals surface area (Å²) in [7, 11) is 0. The first-order valence-electron chi connectivity index (χ1n) is 7.44. The number of carbonyl (C=O) groups is 2. The van der Waals surface area contributed by atoms with Gasteiger partial charge in [0.15, 0.2) is 0 Å². The second-order valence-electron chi connectivity index (χ2n) is 5.19. The van der Waals surface area contributed by atoms with Crippen LogP contribution in [0.2, 0.25) is 0 Å². The van der Waals surface area contributed by atoms with E-state index in [0.29, 0.717) is 26.1 Å². The van der Waals surface area contributed by atoms with Crippen LogP contribution in [0.3, 0.4) is 0 Å². The molecule has 0 aliphatic carbocycles. The van der Waals surface area contributed by atoms with E-state index in [1.165, 1.54) is 0 Å². The van der Waals surface area contributed by atoms with Gasteiger partial charge in [-0.2, -0.15) is 0 Å². The second kappa shape index (κ2) is 10.9. The molecule has 0 radical (unpaired) electrons. The van der Waals surface area contributed by atoms with Crippen molar-refractivity contribution in [2.45, 2.75) is 45.4 Å². The Balaban J connectivity index is 0.00000361. The number of rotatable bonds is 7. The zero-order valence-corrected chi connectivity index (χ0v) is 13.2. The smallest absolute Gasteiger partial charge is 0.223 e. The van der Waals surface area contributed by atoms with Crippen molar-refractivity contribution in [2.24, 2.45) is 11.7 Å². The lowest BCUT2D eigenvalue weighted by Crippen LogP contribution is -2.43. The summed E-state index contributed by atoms with van der Waals surface area (Å²) in [6.45, 7) is 4.70. The molecule has 0 unspecified atom stereocenters. The normalized spacial score (nSPS) is 15.6. The van der Waals surface area contributed by atoms with E-state index in [1.807, 2.05) is 4.90 Å². The number of hydrogen-bond acceptors (Lipinski definition) is 3. The molecule has 3 N–H and O–H groups in total. The first-order chi connectivity index (χ1) is 9.19. The lowest BCUT2D eigenvalue weighted by atomic mass is 9.95. The van der Waals surface area contributed by atoms with Crippen LogP contribution < -0.4 is 11.1 Å². The molecule has 0 aromatic heterocycles. The molecule has 0 saturated carbocycles. The maximum atomic E-state index is 11.9. The maximum absolute atomic E-state index is 11.9. The van der Waals surface area contributed by atoms with Gasteiger partial charge in [-0.05, 0) is 19.3 Å². The Labute approximate surface area is 128 Å². The third-order valence-corrected chi connectivity index (χ3v) is 3.66. The van der Waals surface area contributed by atoms with Gasteiger partial charge in [0.2, 0.25) is 11.8 Å². The number of nitrogens with two attached hydrogens (primary N) is 1. The molecular formula is C14H28ClN3O2. The van der Waals surface area contributed by atoms with Gasteiger partial charge in [0, 0.05) is 38.5 Å². The van der Waals surface area contributed by atoms with Gasteiger partial charge in [0.25, 0.3) is 0 Å². The molecule has 0 aromatic rings. The van der Waals surface area contributed by atoms with Crippen LogP contribution in [-0.4, -0.2) is 42.9 Å². The van der Waals surface area contributed by atoms with E-state index in [2.05, 4.69) is 12.2 Å². The summed E-state index contributed by atoms with van der Waals surface area (Å²) in [5.41, 5.74) is 5.38. The molecular weight excluding hydrogens is 278 g/mol. The predicted molar refractivity (Wildman–Crippen MR) is 82.8 cm³/mol. The second-order valence-corrected chi connectivity index (χ2v) is 5.19. The van der Waals surface area contributed by atoms with Crippen LogP contribution in [0, 0.1) is 5.92 Å². The number of carbonyl (C=O) groups excluding carboxylic acids is 2. The van der Waals surface area contributed by atoms with Gasteiger partial charge in [0.05, 0.1) is 0 Å². The highest BCUT2D eigenvalue weighted by Gasteiger charge is 2.26. The number of hydrogen-bond donors (Lipinski definition) is 2. The van der Waals surface area contributed by atoms with Crippen LogP contribution in [0.5, 0.6) is 0 Å². The van der Waals surface area contributed by atoms with Gasteiger partial charge in [0.1, 0.15) is 0 Å². The molecule has 1 aliphatic heterocycles. The Kier molecular flexibility index (Phi) is 10.5. The highest BCUT2D eigenvalue weighted by Crippen LogP contribution is 2.17. The number of piperidine rings is 1. The van der Waals surface area contributed by atoms with Crippen LogP contribution in [0.15, 0.2) is 0 Å². The van der Waals surface area contributed by atoms with E-state index in [9.17, 15) is 9.59 Å². The fourth-order valence-corrected chi connectivity index (χ4v) is 2.40. The number of unbranched alkanes of at least 4 members (excludes halogenated alkanes) is 2. The zero-order valence-electron chi connectivity index (χ0n) is 12.4. The van der Waals surface area contributed by atoms with Crippen molar-refractivity contribution in [3.05, 3.63) is 0 Å². The maximum Gasteiger partial charge on any atom is 0.223 e. The number of likely N-dealkylation sites (tertiary alicyclic amines) is 1. The third-order valence-electron chi connectivity index (χ3n) is 3.66. The SMILES string of the molecule is CCCCCNC(=O)C1CCN(C(=O)CCN)CC1.Cl. The van der Waals surface area contributed by atoms with Gasteiger partial charge < -0.3 is 16.0 Å². The van der Waals surface area contributed by atoms with Crippen molar-refractivity contribution in [1.82, 2.24) is 10.2 Å². The van der Waals surface area contributed by atoms with Gasteiger partial charge in [-0.1, -0.05) is 19.8 Å². The van der Waals surface area contributed by atoms with Gasteiger partial charge in [-0.25, -0.2) is 0 Å². The van der Waals surface area contributed by atoms with E-state index >= 15 is 0 Å². The fraction of sp³-hybridized carbons (Fsp3) is 0.857. The number of nitrogens with one attached hydrogen (secondary N) is 1. The molecule has 20 heavy (non-hydrogen) atoms. The molecule has 1 heterocycles. The number of halogens is 1. The average molecular weight is 306 g/mol. The minimum atomic E-state index is 0. The highest BCUT2D eigenvalue weighted by atomic mass is 35.5. The third kappa shape index (κ3) is 6.57. The molecule has 118 valence electrons. The molecule has 1 rings (SSSR count). The molecule has 0 aromatic carbocycles. The van der Waals surface area contributed by atoms with Crippen molar-refractivity contribution in [3.63, 3.8) is 0 Å². The zero-order chi connectivity index (χ0) is 14.1. The van der Waals surface area contributed by atoms with E-state index in [1.54, 1.807) is 0 Å². The van der Waals surface area contributed by atoms with Crippen LogP contribution in [0.1, 0.15) is 45.4 Å². The molecule has 1 saturated heterocycles. The standard InChI is InChI=1S/C14H27N3O2.ClH/c1-2-3-4-9-16-14(19)12-6-10-17(11-7-12)13(18)5-8-15;/h12H,2-11,15H2,1H3,(H,16,19);1H. The Morgan fingerprint density at radius 1 is 1.25 bits per heavy atom. The van der Waals surface area contributed by atoms with Crippen molar-refractivity contribution < 1.29 is 9.59 Å². The lowest BCUT2D eigenvalue weighted by Gasteiger charge is -2.31. The molecule has 6 heteroatoms. The quantitative estimate of drug-likeness (QED) is 0.696. The van der Waals surface area contributed by atoms with Gasteiger partial charge in [-0.3, -0.25) is 9.59 Å². The van der Waals surface area contributed by atoms with Crippen molar-refractivity contribution in [1.29, 1.82) is 0 Å². The first-order valence-corrected chi connectivity index (χ1v) is 7.44. The number of amides is 2. The average Bonchev–Trinajstić information content (AvgIpc) is 2.44. The Hall–Kier alpha value is -0.810. The fourth-order valence-electron chi connectivity index (χ4n) is 2.40. The monoisotopic (exact) mass is 305 g/mol. The van der Waals surface area contributed by atoms with E-state index in [0.717, 1.165) is 38.6 Å². The largest absolute Gasteiger partial charge is 0.356 e. The van der Waals surface area contributed by atoms with Crippen molar-refractivity contribution in [3.8, 4) is 0 Å². The van der Waals surface area contributed by atoms with E-state index < -0.39 is 0 Å². The van der Waals surface area contributed by atoms with Crippen LogP contribution in [0.4, 0.5) is 0 Å². The summed E-state index contributed by atoms with van der Waals surface area (Å²) in [6.07, 6.45) is 5.33. The highest BCUT2D eigenvalue weighted by molar-refractivity contribution is 5.85. The predicted octanol–water partition coefficient (Wildman–Crippen LogP) is 1.30. The van der Waals surface area contributed by atoms with Crippen LogP contribution in [0.25, 0.3) is 0 Å². The van der Waals surface area contributed by atoms with E-state index in [4.69, 9.17) is 5.73 Å². The van der Waals surface area contributed by atoms with Crippen molar-refractivity contribution in [2.75, 3.05) is 26.2 Å². The minimum absolute atomic E-state index is 0. The summed E-state index contributed by atoms with van der Waals surface area (Å²) in [5.74, 6) is 0.342. The molecule has 0 atom stereocenters. The Morgan fingerprint density at radius 3 is 2.45 bits per heavy atom. The molecule has 2 amide bonds. The first kappa shape index (κ1) is 19.2. The van der Waals surface area contributed by atoms with Crippen LogP contribution in [-0.2, 0) is 9.59 Å². The Morgan fingerprint density at radius 2 is 1.90 bits per heavy atom. The summed E-state index contributed by atoms with van der Waals surface area (Å²) in [5, 5.41) is 2.99. The minimum Gasteiger partial charge on any atom is -0.356 e. The summed E-state index contributed by atoms with van der Waals surface area (Å²) in [6, 6.07) is 0. The summed E-state index contributed by atoms with van der Waals surface area (Å²) >= 11 is 0. The molecule has 0 spiro atoms. The summed E-state index contributed by atoms with van der Waals surface area (Å²) in [4.78, 5) is 25.4. The number of nitrogens with zero attached hydrogens (tertiary/aromatic N) is 1.